The summed E-state index contributed by atoms with van der Waals surface area (Å²) in [6, 6.07) is 3.31. The van der Waals surface area contributed by atoms with Crippen LogP contribution in [-0.4, -0.2) is 22.6 Å². The van der Waals surface area contributed by atoms with E-state index in [2.05, 4.69) is 10.3 Å². The molecule has 0 unspecified atom stereocenters. The molecule has 1 aromatic rings. The summed E-state index contributed by atoms with van der Waals surface area (Å²) in [6.07, 6.45) is 2.47. The third kappa shape index (κ3) is 2.46. The lowest BCUT2D eigenvalue weighted by Gasteiger charge is -2.08. The number of hydrogen-bond donors (Lipinski definition) is 2. The van der Waals surface area contributed by atoms with E-state index < -0.39 is 5.97 Å². The van der Waals surface area contributed by atoms with Crippen molar-refractivity contribution in [3.05, 3.63) is 23.4 Å². The molecular formula is C11H14N2O2. The number of nitrogens with zero attached hydrogens (tertiary/aromatic N) is 1. The highest BCUT2D eigenvalue weighted by atomic mass is 16.4. The summed E-state index contributed by atoms with van der Waals surface area (Å²) in [5.74, 6) is 0.268. The smallest absolute Gasteiger partial charge is 0.339 e. The first-order valence-electron chi connectivity index (χ1n) is 5.11. The van der Waals surface area contributed by atoms with Crippen molar-refractivity contribution in [1.82, 2.24) is 4.98 Å². The van der Waals surface area contributed by atoms with Crippen LogP contribution in [0.5, 0.6) is 0 Å². The molecule has 0 aromatic carbocycles. The summed E-state index contributed by atoms with van der Waals surface area (Å²) in [4.78, 5) is 15.1. The van der Waals surface area contributed by atoms with Gasteiger partial charge in [-0.05, 0) is 37.8 Å². The Morgan fingerprint density at radius 2 is 2.33 bits per heavy atom. The fourth-order valence-electron chi connectivity index (χ4n) is 1.43. The van der Waals surface area contributed by atoms with Crippen molar-refractivity contribution in [2.45, 2.75) is 19.8 Å². The Labute approximate surface area is 88.3 Å². The molecule has 1 aliphatic carbocycles. The minimum atomic E-state index is -0.930. The summed E-state index contributed by atoms with van der Waals surface area (Å²) in [5, 5.41) is 12.1. The van der Waals surface area contributed by atoms with Gasteiger partial charge in [-0.15, -0.1) is 0 Å². The number of carboxylic acid groups (broad SMARTS) is 1. The number of carboxylic acids is 1. The van der Waals surface area contributed by atoms with Crippen LogP contribution in [0.15, 0.2) is 12.1 Å². The summed E-state index contributed by atoms with van der Waals surface area (Å²) in [6.45, 7) is 2.69. The maximum absolute atomic E-state index is 10.9. The number of carbonyl (C=O) groups is 1. The lowest BCUT2D eigenvalue weighted by atomic mass is 10.2. The predicted octanol–water partition coefficient (Wildman–Crippen LogP) is 1.91. The second-order valence-electron chi connectivity index (χ2n) is 3.98. The Balaban J connectivity index is 2.16. The highest BCUT2D eigenvalue weighted by Gasteiger charge is 2.22. The number of aromatic carboxylic acids is 1. The Morgan fingerprint density at radius 3 is 2.93 bits per heavy atom. The Hall–Kier alpha value is -1.58. The third-order valence-corrected chi connectivity index (χ3v) is 2.52. The van der Waals surface area contributed by atoms with Gasteiger partial charge in [-0.2, -0.15) is 0 Å². The lowest BCUT2D eigenvalue weighted by Crippen LogP contribution is -2.11. The van der Waals surface area contributed by atoms with Crippen LogP contribution >= 0.6 is 0 Å². The highest BCUT2D eigenvalue weighted by molar-refractivity contribution is 5.93. The number of rotatable bonds is 4. The Morgan fingerprint density at radius 1 is 1.60 bits per heavy atom. The van der Waals surface area contributed by atoms with Crippen LogP contribution in [0.25, 0.3) is 0 Å². The molecular weight excluding hydrogens is 192 g/mol. The molecule has 0 bridgehead atoms. The molecule has 0 amide bonds. The molecule has 0 aliphatic heterocycles. The molecule has 0 saturated heterocycles. The first-order chi connectivity index (χ1) is 7.16. The van der Waals surface area contributed by atoms with E-state index in [0.717, 1.165) is 12.2 Å². The summed E-state index contributed by atoms with van der Waals surface area (Å²) in [5.41, 5.74) is 1.08. The Kier molecular flexibility index (Phi) is 2.58. The van der Waals surface area contributed by atoms with E-state index in [-0.39, 0.29) is 5.56 Å². The molecule has 0 atom stereocenters. The predicted molar refractivity (Wildman–Crippen MR) is 57.1 cm³/mol. The van der Waals surface area contributed by atoms with Gasteiger partial charge >= 0.3 is 5.97 Å². The van der Waals surface area contributed by atoms with E-state index in [1.165, 1.54) is 12.8 Å². The zero-order chi connectivity index (χ0) is 10.8. The van der Waals surface area contributed by atoms with Gasteiger partial charge < -0.3 is 10.4 Å². The van der Waals surface area contributed by atoms with Gasteiger partial charge in [-0.1, -0.05) is 0 Å². The van der Waals surface area contributed by atoms with E-state index in [0.29, 0.717) is 11.7 Å². The molecule has 15 heavy (non-hydrogen) atoms. The molecule has 2 rings (SSSR count). The minimum Gasteiger partial charge on any atom is -0.478 e. The average molecular weight is 206 g/mol. The molecule has 1 saturated carbocycles. The van der Waals surface area contributed by atoms with E-state index in [1.807, 2.05) is 6.92 Å². The molecule has 1 fully saturated rings. The van der Waals surface area contributed by atoms with Gasteiger partial charge in [-0.25, -0.2) is 9.78 Å². The van der Waals surface area contributed by atoms with Crippen LogP contribution in [0.1, 0.15) is 28.9 Å². The van der Waals surface area contributed by atoms with Crippen molar-refractivity contribution in [2.24, 2.45) is 5.92 Å². The number of nitrogens with one attached hydrogen (secondary N) is 1. The zero-order valence-corrected chi connectivity index (χ0v) is 8.66. The zero-order valence-electron chi connectivity index (χ0n) is 8.66. The highest BCUT2D eigenvalue weighted by Crippen LogP contribution is 2.29. The monoisotopic (exact) mass is 206 g/mol. The largest absolute Gasteiger partial charge is 0.478 e. The normalized spacial score (nSPS) is 15.0. The third-order valence-electron chi connectivity index (χ3n) is 2.52. The Bertz CT molecular complexity index is 386. The summed E-state index contributed by atoms with van der Waals surface area (Å²) in [7, 11) is 0. The van der Waals surface area contributed by atoms with Gasteiger partial charge in [0.2, 0.25) is 0 Å². The lowest BCUT2D eigenvalue weighted by molar-refractivity contribution is 0.0697. The molecule has 1 heterocycles. The second kappa shape index (κ2) is 3.88. The van der Waals surface area contributed by atoms with Gasteiger partial charge in [0.25, 0.3) is 0 Å². The van der Waals surface area contributed by atoms with Gasteiger partial charge in [-0.3, -0.25) is 0 Å². The molecule has 1 aromatic heterocycles. The number of aryl methyl sites for hydroxylation is 1. The van der Waals surface area contributed by atoms with E-state index >= 15 is 0 Å². The van der Waals surface area contributed by atoms with Crippen molar-refractivity contribution in [3.63, 3.8) is 0 Å². The van der Waals surface area contributed by atoms with Crippen LogP contribution in [0.2, 0.25) is 0 Å². The summed E-state index contributed by atoms with van der Waals surface area (Å²) >= 11 is 0. The average Bonchev–Trinajstić information content (AvgIpc) is 2.97. The van der Waals surface area contributed by atoms with Crippen molar-refractivity contribution in [2.75, 3.05) is 11.9 Å². The van der Waals surface area contributed by atoms with Gasteiger partial charge in [0.15, 0.2) is 0 Å². The van der Waals surface area contributed by atoms with Gasteiger partial charge in [0, 0.05) is 12.2 Å². The molecule has 0 radical (unpaired) electrons. The van der Waals surface area contributed by atoms with Crippen LogP contribution in [0, 0.1) is 12.8 Å². The molecule has 0 spiro atoms. The first-order valence-corrected chi connectivity index (χ1v) is 5.11. The van der Waals surface area contributed by atoms with Crippen molar-refractivity contribution >= 4 is 11.8 Å². The molecule has 4 heteroatoms. The van der Waals surface area contributed by atoms with Crippen LogP contribution < -0.4 is 5.32 Å². The number of anilines is 1. The standard InChI is InChI=1S/C11H14N2O2/c1-7-2-5-9(11(14)15)10(13-7)12-6-8-3-4-8/h2,5,8H,3-4,6H2,1H3,(H,12,13)(H,14,15). The van der Waals surface area contributed by atoms with Gasteiger partial charge in [0.05, 0.1) is 0 Å². The first kappa shape index (κ1) is 9.96. The van der Waals surface area contributed by atoms with E-state index in [1.54, 1.807) is 12.1 Å². The fourth-order valence-corrected chi connectivity index (χ4v) is 1.43. The maximum Gasteiger partial charge on any atom is 0.339 e. The molecule has 1 aliphatic rings. The number of aromatic nitrogens is 1. The van der Waals surface area contributed by atoms with Crippen molar-refractivity contribution < 1.29 is 9.90 Å². The minimum absolute atomic E-state index is 0.251. The number of pyridine rings is 1. The SMILES string of the molecule is Cc1ccc(C(=O)O)c(NCC2CC2)n1. The summed E-state index contributed by atoms with van der Waals surface area (Å²) < 4.78 is 0. The van der Waals surface area contributed by atoms with E-state index in [4.69, 9.17) is 5.11 Å². The molecule has 2 N–H and O–H groups in total. The second-order valence-corrected chi connectivity index (χ2v) is 3.98. The fraction of sp³-hybridized carbons (Fsp3) is 0.455. The van der Waals surface area contributed by atoms with Crippen LogP contribution in [0.4, 0.5) is 5.82 Å². The molecule has 80 valence electrons. The topological polar surface area (TPSA) is 62.2 Å². The maximum atomic E-state index is 10.9. The van der Waals surface area contributed by atoms with Crippen molar-refractivity contribution in [3.8, 4) is 0 Å². The van der Waals surface area contributed by atoms with Gasteiger partial charge in [0.1, 0.15) is 11.4 Å². The quantitative estimate of drug-likeness (QED) is 0.790. The van der Waals surface area contributed by atoms with E-state index in [9.17, 15) is 4.79 Å². The molecule has 4 nitrogen and oxygen atoms in total. The van der Waals surface area contributed by atoms with Crippen LogP contribution in [0.3, 0.4) is 0 Å². The van der Waals surface area contributed by atoms with Crippen LogP contribution in [-0.2, 0) is 0 Å². The van der Waals surface area contributed by atoms with Crippen molar-refractivity contribution in [1.29, 1.82) is 0 Å². The number of hydrogen-bond acceptors (Lipinski definition) is 3.